The molecule has 1 aliphatic heterocycles. The first-order valence-corrected chi connectivity index (χ1v) is 8.81. The molecule has 3 rings (SSSR count). The standard InChI is InChI=1S/C21H23NO4/c1-14(2)26-13-15-5-3-6-16(11-15)17-7-4-8-18(12-17)22-10-9-19(20(22)23)21(24)25/h3-8,11-12,14,19H,9-10,13H2,1-2H3,(H,24,25). The van der Waals surface area contributed by atoms with Crippen molar-refractivity contribution in [1.29, 1.82) is 0 Å². The molecule has 0 bridgehead atoms. The number of nitrogens with zero attached hydrogens (tertiary/aromatic N) is 1. The lowest BCUT2D eigenvalue weighted by molar-refractivity contribution is -0.144. The molecule has 1 saturated heterocycles. The number of aliphatic carboxylic acids is 1. The fourth-order valence-electron chi connectivity index (χ4n) is 3.12. The van der Waals surface area contributed by atoms with E-state index in [1.165, 1.54) is 0 Å². The predicted molar refractivity (Wildman–Crippen MR) is 99.9 cm³/mol. The summed E-state index contributed by atoms with van der Waals surface area (Å²) in [7, 11) is 0. The molecule has 2 aromatic rings. The maximum atomic E-state index is 12.3. The molecule has 2 aromatic carbocycles. The van der Waals surface area contributed by atoms with E-state index in [1.54, 1.807) is 4.90 Å². The molecule has 1 heterocycles. The number of ether oxygens (including phenoxy) is 1. The van der Waals surface area contributed by atoms with Gasteiger partial charge in [-0.3, -0.25) is 9.59 Å². The van der Waals surface area contributed by atoms with Gasteiger partial charge in [0.1, 0.15) is 5.92 Å². The van der Waals surface area contributed by atoms with Gasteiger partial charge in [0.05, 0.1) is 12.7 Å². The Bertz CT molecular complexity index is 815. The van der Waals surface area contributed by atoms with E-state index in [1.807, 2.05) is 56.3 Å². The van der Waals surface area contributed by atoms with Gasteiger partial charge < -0.3 is 14.7 Å². The number of benzene rings is 2. The van der Waals surface area contributed by atoms with Crippen LogP contribution in [0.1, 0.15) is 25.8 Å². The zero-order chi connectivity index (χ0) is 18.7. The summed E-state index contributed by atoms with van der Waals surface area (Å²) in [4.78, 5) is 25.1. The number of carbonyl (C=O) groups is 2. The monoisotopic (exact) mass is 353 g/mol. The SMILES string of the molecule is CC(C)OCc1cccc(-c2cccc(N3CCC(C(=O)O)C3=O)c2)c1. The topological polar surface area (TPSA) is 66.8 Å². The van der Waals surface area contributed by atoms with Crippen molar-refractivity contribution in [3.63, 3.8) is 0 Å². The second-order valence-electron chi connectivity index (χ2n) is 6.78. The lowest BCUT2D eigenvalue weighted by Gasteiger charge is -2.17. The van der Waals surface area contributed by atoms with Gasteiger partial charge in [-0.2, -0.15) is 0 Å². The minimum atomic E-state index is -1.05. The van der Waals surface area contributed by atoms with Gasteiger partial charge in [0.25, 0.3) is 0 Å². The van der Waals surface area contributed by atoms with Crippen LogP contribution in [0.25, 0.3) is 11.1 Å². The lowest BCUT2D eigenvalue weighted by atomic mass is 10.0. The van der Waals surface area contributed by atoms with Crippen LogP contribution >= 0.6 is 0 Å². The van der Waals surface area contributed by atoms with E-state index in [0.29, 0.717) is 19.6 Å². The largest absolute Gasteiger partial charge is 0.481 e. The Morgan fingerprint density at radius 1 is 1.19 bits per heavy atom. The summed E-state index contributed by atoms with van der Waals surface area (Å²) in [5, 5.41) is 9.14. The summed E-state index contributed by atoms with van der Waals surface area (Å²) in [6, 6.07) is 15.8. The Labute approximate surface area is 153 Å². The molecule has 1 fully saturated rings. The fourth-order valence-corrected chi connectivity index (χ4v) is 3.12. The molecule has 1 unspecified atom stereocenters. The number of anilines is 1. The van der Waals surface area contributed by atoms with Crippen LogP contribution in [0.5, 0.6) is 0 Å². The predicted octanol–water partition coefficient (Wildman–Crippen LogP) is 3.72. The Kier molecular flexibility index (Phi) is 5.38. The number of carboxylic acids is 1. The number of rotatable bonds is 6. The van der Waals surface area contributed by atoms with E-state index in [4.69, 9.17) is 9.84 Å². The minimum absolute atomic E-state index is 0.172. The first-order chi connectivity index (χ1) is 12.5. The van der Waals surface area contributed by atoms with Crippen LogP contribution in [0, 0.1) is 5.92 Å². The van der Waals surface area contributed by atoms with E-state index in [9.17, 15) is 9.59 Å². The number of carbonyl (C=O) groups excluding carboxylic acids is 1. The van der Waals surface area contributed by atoms with Crippen LogP contribution < -0.4 is 4.90 Å². The van der Waals surface area contributed by atoms with Crippen LogP contribution in [0.4, 0.5) is 5.69 Å². The van der Waals surface area contributed by atoms with Gasteiger partial charge in [-0.15, -0.1) is 0 Å². The zero-order valence-corrected chi connectivity index (χ0v) is 15.0. The molecule has 0 radical (unpaired) electrons. The van der Waals surface area contributed by atoms with Gasteiger partial charge in [0.15, 0.2) is 0 Å². The molecule has 1 aliphatic rings. The van der Waals surface area contributed by atoms with Crippen molar-refractivity contribution >= 4 is 17.6 Å². The van der Waals surface area contributed by atoms with Gasteiger partial charge in [0.2, 0.25) is 5.91 Å². The molecule has 0 aromatic heterocycles. The third kappa shape index (κ3) is 3.94. The summed E-state index contributed by atoms with van der Waals surface area (Å²) in [6.07, 6.45) is 0.519. The number of hydrogen-bond donors (Lipinski definition) is 1. The third-order valence-electron chi connectivity index (χ3n) is 4.51. The van der Waals surface area contributed by atoms with Crippen LogP contribution in [0.2, 0.25) is 0 Å². The molecule has 1 amide bonds. The highest BCUT2D eigenvalue weighted by Crippen LogP contribution is 2.30. The Morgan fingerprint density at radius 2 is 1.88 bits per heavy atom. The maximum absolute atomic E-state index is 12.3. The minimum Gasteiger partial charge on any atom is -0.481 e. The van der Waals surface area contributed by atoms with E-state index < -0.39 is 11.9 Å². The van der Waals surface area contributed by atoms with Crippen molar-refractivity contribution in [3.05, 3.63) is 54.1 Å². The van der Waals surface area contributed by atoms with Crippen molar-refractivity contribution in [2.45, 2.75) is 33.0 Å². The molecule has 1 N–H and O–H groups in total. The summed E-state index contributed by atoms with van der Waals surface area (Å²) in [5.74, 6) is -2.32. The van der Waals surface area contributed by atoms with Crippen molar-refractivity contribution in [3.8, 4) is 11.1 Å². The smallest absolute Gasteiger partial charge is 0.316 e. The molecule has 0 aliphatic carbocycles. The molecule has 0 spiro atoms. The van der Waals surface area contributed by atoms with Crippen molar-refractivity contribution in [2.75, 3.05) is 11.4 Å². The summed E-state index contributed by atoms with van der Waals surface area (Å²) >= 11 is 0. The third-order valence-corrected chi connectivity index (χ3v) is 4.51. The molecule has 26 heavy (non-hydrogen) atoms. The first-order valence-electron chi connectivity index (χ1n) is 8.81. The second-order valence-corrected chi connectivity index (χ2v) is 6.78. The molecular weight excluding hydrogens is 330 g/mol. The van der Waals surface area contributed by atoms with Gasteiger partial charge in [-0.05, 0) is 55.2 Å². The van der Waals surface area contributed by atoms with Crippen molar-refractivity contribution in [1.82, 2.24) is 0 Å². The summed E-state index contributed by atoms with van der Waals surface area (Å²) in [6.45, 7) is 4.99. The van der Waals surface area contributed by atoms with Gasteiger partial charge in [0, 0.05) is 12.2 Å². The van der Waals surface area contributed by atoms with Crippen LogP contribution in [-0.4, -0.2) is 29.6 Å². The average Bonchev–Trinajstić information content (AvgIpc) is 3.02. The first kappa shape index (κ1) is 18.1. The Morgan fingerprint density at radius 3 is 2.54 bits per heavy atom. The second kappa shape index (κ2) is 7.70. The number of amides is 1. The van der Waals surface area contributed by atoms with E-state index in [-0.39, 0.29) is 12.0 Å². The highest BCUT2D eigenvalue weighted by Gasteiger charge is 2.37. The number of hydrogen-bond acceptors (Lipinski definition) is 3. The van der Waals surface area contributed by atoms with E-state index >= 15 is 0 Å². The maximum Gasteiger partial charge on any atom is 0.316 e. The average molecular weight is 353 g/mol. The quantitative estimate of drug-likeness (QED) is 0.804. The molecule has 1 atom stereocenters. The fraction of sp³-hybridized carbons (Fsp3) is 0.333. The lowest BCUT2D eigenvalue weighted by Crippen LogP contribution is -2.30. The number of carboxylic acid groups (broad SMARTS) is 1. The van der Waals surface area contributed by atoms with Crippen LogP contribution in [0.3, 0.4) is 0 Å². The van der Waals surface area contributed by atoms with Gasteiger partial charge >= 0.3 is 5.97 Å². The normalized spacial score (nSPS) is 17.1. The molecular formula is C21H23NO4. The summed E-state index contributed by atoms with van der Waals surface area (Å²) in [5.41, 5.74) is 3.85. The highest BCUT2D eigenvalue weighted by atomic mass is 16.5. The zero-order valence-electron chi connectivity index (χ0n) is 15.0. The van der Waals surface area contributed by atoms with Gasteiger partial charge in [-0.25, -0.2) is 0 Å². The summed E-state index contributed by atoms with van der Waals surface area (Å²) < 4.78 is 5.66. The van der Waals surface area contributed by atoms with Crippen LogP contribution in [-0.2, 0) is 20.9 Å². The van der Waals surface area contributed by atoms with E-state index in [2.05, 4.69) is 6.07 Å². The highest BCUT2D eigenvalue weighted by molar-refractivity contribution is 6.07. The molecule has 0 saturated carbocycles. The Hall–Kier alpha value is -2.66. The molecule has 136 valence electrons. The Balaban J connectivity index is 1.83. The van der Waals surface area contributed by atoms with Crippen molar-refractivity contribution < 1.29 is 19.4 Å². The van der Waals surface area contributed by atoms with Crippen LogP contribution in [0.15, 0.2) is 48.5 Å². The molecule has 5 heteroatoms. The van der Waals surface area contributed by atoms with E-state index in [0.717, 1.165) is 22.4 Å². The molecule has 5 nitrogen and oxygen atoms in total. The van der Waals surface area contributed by atoms with Gasteiger partial charge in [-0.1, -0.05) is 30.3 Å². The van der Waals surface area contributed by atoms with Crippen molar-refractivity contribution in [2.24, 2.45) is 5.92 Å².